The fourth-order valence-corrected chi connectivity index (χ4v) is 7.72. The molecule has 0 fully saturated rings. The van der Waals surface area contributed by atoms with Crippen LogP contribution in [0.1, 0.15) is 0 Å². The van der Waals surface area contributed by atoms with Crippen molar-refractivity contribution in [2.45, 2.75) is 0 Å². The molecule has 2 heteroatoms. The molecule has 0 unspecified atom stereocenters. The molecule has 0 N–H and O–H groups in total. The Balaban J connectivity index is 1.38. The second-order valence-electron chi connectivity index (χ2n) is 12.1. The number of para-hydroxylation sites is 3. The Hall–Kier alpha value is -6.12. The number of hydrogen-bond donors (Lipinski definition) is 0. The van der Waals surface area contributed by atoms with Gasteiger partial charge in [0.05, 0.1) is 27.8 Å². The number of rotatable bonds is 3. The molecule has 0 spiro atoms. The molecule has 10 rings (SSSR count). The minimum absolute atomic E-state index is 1.17. The Morgan fingerprint density at radius 3 is 1.72 bits per heavy atom. The summed E-state index contributed by atoms with van der Waals surface area (Å²) < 4.78 is 4.90. The van der Waals surface area contributed by atoms with Gasteiger partial charge in [-0.1, -0.05) is 121 Å². The number of nitrogens with zero attached hydrogens (tertiary/aromatic N) is 2. The Morgan fingerprint density at radius 1 is 0.326 bits per heavy atom. The third-order valence-corrected chi connectivity index (χ3v) is 9.66. The topological polar surface area (TPSA) is 9.86 Å². The van der Waals surface area contributed by atoms with Gasteiger partial charge in [0.2, 0.25) is 0 Å². The van der Waals surface area contributed by atoms with Gasteiger partial charge < -0.3 is 9.13 Å². The van der Waals surface area contributed by atoms with Crippen LogP contribution in [0, 0.1) is 0 Å². The molecule has 2 heterocycles. The van der Waals surface area contributed by atoms with Crippen LogP contribution in [0.25, 0.3) is 87.7 Å². The van der Waals surface area contributed by atoms with Crippen LogP contribution in [-0.4, -0.2) is 9.13 Å². The highest BCUT2D eigenvalue weighted by Crippen LogP contribution is 2.45. The average molecular weight is 585 g/mol. The molecular formula is C44H28N2. The van der Waals surface area contributed by atoms with Gasteiger partial charge in [-0.15, -0.1) is 0 Å². The Morgan fingerprint density at radius 2 is 0.913 bits per heavy atom. The first-order valence-electron chi connectivity index (χ1n) is 15.9. The minimum Gasteiger partial charge on any atom is -0.309 e. The van der Waals surface area contributed by atoms with E-state index in [1.807, 2.05) is 0 Å². The summed E-state index contributed by atoms with van der Waals surface area (Å²) >= 11 is 0. The lowest BCUT2D eigenvalue weighted by molar-refractivity contribution is 1.18. The van der Waals surface area contributed by atoms with E-state index >= 15 is 0 Å². The average Bonchev–Trinajstić information content (AvgIpc) is 3.63. The van der Waals surface area contributed by atoms with Crippen molar-refractivity contribution in [3.8, 4) is 22.5 Å². The van der Waals surface area contributed by atoms with Crippen molar-refractivity contribution in [2.75, 3.05) is 0 Å². The van der Waals surface area contributed by atoms with E-state index in [-0.39, 0.29) is 0 Å². The summed E-state index contributed by atoms with van der Waals surface area (Å²) in [6.45, 7) is 0. The highest BCUT2D eigenvalue weighted by atomic mass is 15.0. The molecule has 2 nitrogen and oxygen atoms in total. The van der Waals surface area contributed by atoms with Crippen molar-refractivity contribution in [2.24, 2.45) is 0 Å². The summed E-state index contributed by atoms with van der Waals surface area (Å²) in [5, 5.41) is 10.0. The fourth-order valence-electron chi connectivity index (χ4n) is 7.72. The Labute approximate surface area is 266 Å². The molecule has 0 bridgehead atoms. The molecular weight excluding hydrogens is 556 g/mol. The van der Waals surface area contributed by atoms with Gasteiger partial charge in [0, 0.05) is 38.2 Å². The minimum atomic E-state index is 1.17. The van der Waals surface area contributed by atoms with E-state index in [1.54, 1.807) is 0 Å². The van der Waals surface area contributed by atoms with Crippen LogP contribution < -0.4 is 0 Å². The van der Waals surface area contributed by atoms with Gasteiger partial charge in [0.25, 0.3) is 0 Å². The highest BCUT2D eigenvalue weighted by Gasteiger charge is 2.21. The zero-order valence-electron chi connectivity index (χ0n) is 25.1. The van der Waals surface area contributed by atoms with E-state index in [1.165, 1.54) is 87.7 Å². The van der Waals surface area contributed by atoms with Gasteiger partial charge in [0.1, 0.15) is 0 Å². The molecule has 0 saturated carbocycles. The van der Waals surface area contributed by atoms with E-state index in [0.717, 1.165) is 0 Å². The molecule has 0 aliphatic rings. The second kappa shape index (κ2) is 9.69. The van der Waals surface area contributed by atoms with E-state index in [4.69, 9.17) is 0 Å². The molecule has 0 saturated heterocycles. The maximum absolute atomic E-state index is 2.51. The molecule has 0 amide bonds. The number of fused-ring (bicyclic) bond motifs is 8. The van der Waals surface area contributed by atoms with E-state index in [2.05, 4.69) is 179 Å². The normalized spacial score (nSPS) is 11.9. The summed E-state index contributed by atoms with van der Waals surface area (Å²) in [6, 6.07) is 62.0. The predicted octanol–water partition coefficient (Wildman–Crippen LogP) is 11.9. The first-order chi connectivity index (χ1) is 22.8. The summed E-state index contributed by atoms with van der Waals surface area (Å²) in [6.07, 6.45) is 0. The van der Waals surface area contributed by atoms with Crippen LogP contribution in [0.4, 0.5) is 0 Å². The lowest BCUT2D eigenvalue weighted by atomic mass is 9.93. The highest BCUT2D eigenvalue weighted by molar-refractivity contribution is 6.22. The third kappa shape index (κ3) is 3.53. The molecule has 0 aliphatic carbocycles. The van der Waals surface area contributed by atoms with Crippen molar-refractivity contribution in [1.29, 1.82) is 0 Å². The first kappa shape index (κ1) is 25.2. The predicted molar refractivity (Wildman–Crippen MR) is 196 cm³/mol. The zero-order chi connectivity index (χ0) is 30.2. The maximum atomic E-state index is 2.51. The van der Waals surface area contributed by atoms with Crippen molar-refractivity contribution in [1.82, 2.24) is 9.13 Å². The number of aromatic nitrogens is 2. The van der Waals surface area contributed by atoms with E-state index in [9.17, 15) is 0 Å². The SMILES string of the molecule is c1ccc(-n2c3ccccc3c3cc(-c4c5ccccc5cc5c6ccccc6n(-c6cccc7ccccc67)c45)ccc32)cc1. The summed E-state index contributed by atoms with van der Waals surface area (Å²) in [5.74, 6) is 0. The van der Waals surface area contributed by atoms with Gasteiger partial charge in [-0.25, -0.2) is 0 Å². The fraction of sp³-hybridized carbons (Fsp3) is 0. The summed E-state index contributed by atoms with van der Waals surface area (Å²) in [4.78, 5) is 0. The number of benzene rings is 8. The quantitative estimate of drug-likeness (QED) is 0.195. The lowest BCUT2D eigenvalue weighted by Crippen LogP contribution is -1.97. The van der Waals surface area contributed by atoms with Crippen LogP contribution in [0.15, 0.2) is 170 Å². The first-order valence-corrected chi connectivity index (χ1v) is 15.9. The van der Waals surface area contributed by atoms with Crippen molar-refractivity contribution in [3.05, 3.63) is 170 Å². The molecule has 214 valence electrons. The van der Waals surface area contributed by atoms with Gasteiger partial charge in [-0.2, -0.15) is 0 Å². The summed E-state index contributed by atoms with van der Waals surface area (Å²) in [5.41, 5.74) is 9.73. The lowest BCUT2D eigenvalue weighted by Gasteiger charge is -2.16. The van der Waals surface area contributed by atoms with Crippen molar-refractivity contribution >= 4 is 65.2 Å². The molecule has 8 aromatic carbocycles. The maximum Gasteiger partial charge on any atom is 0.0626 e. The largest absolute Gasteiger partial charge is 0.309 e. The molecule has 0 radical (unpaired) electrons. The Kier molecular flexibility index (Phi) is 5.31. The van der Waals surface area contributed by atoms with Crippen molar-refractivity contribution < 1.29 is 0 Å². The van der Waals surface area contributed by atoms with Crippen LogP contribution in [-0.2, 0) is 0 Å². The number of hydrogen-bond acceptors (Lipinski definition) is 0. The van der Waals surface area contributed by atoms with Crippen LogP contribution in [0.5, 0.6) is 0 Å². The Bertz CT molecular complexity index is 2790. The molecule has 0 atom stereocenters. The molecule has 46 heavy (non-hydrogen) atoms. The van der Waals surface area contributed by atoms with Gasteiger partial charge in [-0.3, -0.25) is 0 Å². The van der Waals surface area contributed by atoms with E-state index < -0.39 is 0 Å². The smallest absolute Gasteiger partial charge is 0.0626 e. The molecule has 0 aliphatic heterocycles. The van der Waals surface area contributed by atoms with E-state index in [0.29, 0.717) is 0 Å². The van der Waals surface area contributed by atoms with Crippen LogP contribution in [0.2, 0.25) is 0 Å². The monoisotopic (exact) mass is 584 g/mol. The van der Waals surface area contributed by atoms with Gasteiger partial charge >= 0.3 is 0 Å². The summed E-state index contributed by atoms with van der Waals surface area (Å²) in [7, 11) is 0. The van der Waals surface area contributed by atoms with Gasteiger partial charge in [0.15, 0.2) is 0 Å². The zero-order valence-corrected chi connectivity index (χ0v) is 25.1. The van der Waals surface area contributed by atoms with Gasteiger partial charge in [-0.05, 0) is 70.3 Å². The standard InChI is InChI=1S/C44H28N2/c1-2-16-32(17-3-1)45-40-22-10-8-20-35(40)37-28-31(25-26-42(37)45)43-34-19-7-5-14-30(34)27-38-36-21-9-11-23-41(36)46(44(38)43)39-24-12-15-29-13-4-6-18-33(29)39/h1-28H. The second-order valence-corrected chi connectivity index (χ2v) is 12.1. The van der Waals surface area contributed by atoms with Crippen LogP contribution >= 0.6 is 0 Å². The third-order valence-electron chi connectivity index (χ3n) is 9.66. The molecule has 2 aromatic heterocycles. The van der Waals surface area contributed by atoms with Crippen molar-refractivity contribution in [3.63, 3.8) is 0 Å². The van der Waals surface area contributed by atoms with Crippen LogP contribution in [0.3, 0.4) is 0 Å². The molecule has 10 aromatic rings.